The molecule has 9 heavy (non-hydrogen) atoms. The highest BCUT2D eigenvalue weighted by molar-refractivity contribution is 4.88. The first kappa shape index (κ1) is 5.72. The summed E-state index contributed by atoms with van der Waals surface area (Å²) in [5, 5.41) is 0. The molecule has 0 aromatic rings. The first-order chi connectivity index (χ1) is 4.36. The van der Waals surface area contributed by atoms with Gasteiger partial charge in [-0.05, 0) is 31.1 Å². The molecule has 0 radical (unpaired) electrons. The van der Waals surface area contributed by atoms with Crippen LogP contribution in [0.4, 0.5) is 0 Å². The van der Waals surface area contributed by atoms with Crippen molar-refractivity contribution in [2.45, 2.75) is 38.1 Å². The molecule has 0 amide bonds. The minimum absolute atomic E-state index is 0.567. The molecule has 0 aromatic heterocycles. The van der Waals surface area contributed by atoms with Crippen molar-refractivity contribution in [1.29, 1.82) is 0 Å². The zero-order valence-corrected chi connectivity index (χ0v) is 5.84. The molecule has 1 unspecified atom stereocenters. The molecule has 2 N–H and O–H groups in total. The summed E-state index contributed by atoms with van der Waals surface area (Å²) in [4.78, 5) is 0. The van der Waals surface area contributed by atoms with E-state index in [9.17, 15) is 0 Å². The minimum Gasteiger partial charge on any atom is -0.327 e. The van der Waals surface area contributed by atoms with E-state index in [0.29, 0.717) is 6.04 Å². The van der Waals surface area contributed by atoms with Crippen molar-refractivity contribution in [3.63, 3.8) is 0 Å². The molecule has 0 aliphatic heterocycles. The molecule has 0 heterocycles. The molecule has 0 spiro atoms. The number of hydrogen-bond acceptors (Lipinski definition) is 1. The van der Waals surface area contributed by atoms with Gasteiger partial charge in [-0.2, -0.15) is 0 Å². The molecule has 0 saturated heterocycles. The largest absolute Gasteiger partial charge is 0.327 e. The normalized spacial score (nSPS) is 30.3. The Morgan fingerprint density at radius 3 is 2.33 bits per heavy atom. The van der Waals surface area contributed by atoms with Gasteiger partial charge in [-0.3, -0.25) is 0 Å². The van der Waals surface area contributed by atoms with Gasteiger partial charge in [-0.1, -0.05) is 12.8 Å². The fourth-order valence-corrected chi connectivity index (χ4v) is 1.46. The summed E-state index contributed by atoms with van der Waals surface area (Å²) in [6, 6.07) is 0.567. The quantitative estimate of drug-likeness (QED) is 0.608. The van der Waals surface area contributed by atoms with Crippen LogP contribution in [0.1, 0.15) is 32.1 Å². The summed E-state index contributed by atoms with van der Waals surface area (Å²) >= 11 is 0. The smallest absolute Gasteiger partial charge is 0.00698 e. The van der Waals surface area contributed by atoms with Gasteiger partial charge in [-0.15, -0.1) is 0 Å². The van der Waals surface area contributed by atoms with Gasteiger partial charge < -0.3 is 5.73 Å². The van der Waals surface area contributed by atoms with Gasteiger partial charge in [-0.25, -0.2) is 0 Å². The summed E-state index contributed by atoms with van der Waals surface area (Å²) < 4.78 is 0. The summed E-state index contributed by atoms with van der Waals surface area (Å²) in [6.07, 6.45) is 7.06. The first-order valence-electron chi connectivity index (χ1n) is 4.12. The van der Waals surface area contributed by atoms with Crippen LogP contribution in [0.2, 0.25) is 0 Å². The molecule has 2 aliphatic carbocycles. The van der Waals surface area contributed by atoms with E-state index in [0.717, 1.165) is 11.8 Å². The lowest BCUT2D eigenvalue weighted by Gasteiger charge is -2.06. The molecule has 1 nitrogen and oxygen atoms in total. The molecule has 0 aromatic carbocycles. The second kappa shape index (κ2) is 1.98. The summed E-state index contributed by atoms with van der Waals surface area (Å²) in [5.41, 5.74) is 5.92. The van der Waals surface area contributed by atoms with Gasteiger partial charge in [0.25, 0.3) is 0 Å². The van der Waals surface area contributed by atoms with Crippen LogP contribution in [0.15, 0.2) is 0 Å². The monoisotopic (exact) mass is 125 g/mol. The van der Waals surface area contributed by atoms with Crippen molar-refractivity contribution in [2.24, 2.45) is 17.6 Å². The van der Waals surface area contributed by atoms with Gasteiger partial charge in [0.05, 0.1) is 0 Å². The van der Waals surface area contributed by atoms with E-state index in [1.807, 2.05) is 0 Å². The molecular weight excluding hydrogens is 110 g/mol. The van der Waals surface area contributed by atoms with Crippen LogP contribution in [0, 0.1) is 11.8 Å². The van der Waals surface area contributed by atoms with E-state index in [4.69, 9.17) is 5.73 Å². The van der Waals surface area contributed by atoms with E-state index < -0.39 is 0 Å². The summed E-state index contributed by atoms with van der Waals surface area (Å²) in [6.45, 7) is 0. The van der Waals surface area contributed by atoms with Gasteiger partial charge in [0.2, 0.25) is 0 Å². The summed E-state index contributed by atoms with van der Waals surface area (Å²) in [7, 11) is 0. The van der Waals surface area contributed by atoms with Gasteiger partial charge >= 0.3 is 0 Å². The second-order valence-corrected chi connectivity index (χ2v) is 3.68. The third kappa shape index (κ3) is 1.45. The highest BCUT2D eigenvalue weighted by Gasteiger charge is 2.32. The Balaban J connectivity index is 1.69. The predicted molar refractivity (Wildman–Crippen MR) is 38.0 cm³/mol. The summed E-state index contributed by atoms with van der Waals surface area (Å²) in [5.74, 6) is 1.95. The topological polar surface area (TPSA) is 26.0 Å². The van der Waals surface area contributed by atoms with E-state index >= 15 is 0 Å². The Morgan fingerprint density at radius 2 is 1.89 bits per heavy atom. The second-order valence-electron chi connectivity index (χ2n) is 3.68. The zero-order valence-electron chi connectivity index (χ0n) is 5.84. The Bertz CT molecular complexity index is 103. The fourth-order valence-electron chi connectivity index (χ4n) is 1.46. The molecule has 52 valence electrons. The Kier molecular flexibility index (Phi) is 1.26. The molecular formula is C8H15N. The minimum atomic E-state index is 0.567. The molecule has 1 atom stereocenters. The van der Waals surface area contributed by atoms with Crippen LogP contribution in [-0.4, -0.2) is 6.04 Å². The van der Waals surface area contributed by atoms with Crippen LogP contribution in [-0.2, 0) is 0 Å². The standard InChI is InChI=1S/C8H15N/c9-8(7-3-4-7)5-6-1-2-6/h6-8H,1-5,9H2. The molecule has 2 saturated carbocycles. The first-order valence-corrected chi connectivity index (χ1v) is 4.12. The SMILES string of the molecule is NC(CC1CC1)C1CC1. The van der Waals surface area contributed by atoms with Crippen LogP contribution in [0.25, 0.3) is 0 Å². The van der Waals surface area contributed by atoms with E-state index in [1.165, 1.54) is 32.1 Å². The van der Waals surface area contributed by atoms with E-state index in [1.54, 1.807) is 0 Å². The van der Waals surface area contributed by atoms with E-state index in [-0.39, 0.29) is 0 Å². The number of nitrogens with two attached hydrogens (primary N) is 1. The van der Waals surface area contributed by atoms with Crippen molar-refractivity contribution in [3.8, 4) is 0 Å². The highest BCUT2D eigenvalue weighted by Crippen LogP contribution is 2.40. The molecule has 2 aliphatic rings. The molecule has 1 heteroatoms. The fraction of sp³-hybridized carbons (Fsp3) is 1.00. The van der Waals surface area contributed by atoms with Crippen molar-refractivity contribution in [2.75, 3.05) is 0 Å². The van der Waals surface area contributed by atoms with Gasteiger partial charge in [0.1, 0.15) is 0 Å². The van der Waals surface area contributed by atoms with Crippen LogP contribution in [0.5, 0.6) is 0 Å². The van der Waals surface area contributed by atoms with E-state index in [2.05, 4.69) is 0 Å². The Labute approximate surface area is 56.6 Å². The maximum atomic E-state index is 5.92. The highest BCUT2D eigenvalue weighted by atomic mass is 14.7. The van der Waals surface area contributed by atoms with Crippen LogP contribution in [0.3, 0.4) is 0 Å². The average Bonchev–Trinajstić information content (AvgIpc) is 2.62. The van der Waals surface area contributed by atoms with Gasteiger partial charge in [0, 0.05) is 6.04 Å². The van der Waals surface area contributed by atoms with Crippen molar-refractivity contribution in [1.82, 2.24) is 0 Å². The third-order valence-corrected chi connectivity index (χ3v) is 2.53. The number of hydrogen-bond donors (Lipinski definition) is 1. The lowest BCUT2D eigenvalue weighted by atomic mass is 10.1. The third-order valence-electron chi connectivity index (χ3n) is 2.53. The molecule has 2 rings (SSSR count). The van der Waals surface area contributed by atoms with Crippen LogP contribution >= 0.6 is 0 Å². The maximum Gasteiger partial charge on any atom is 0.00698 e. The van der Waals surface area contributed by atoms with Gasteiger partial charge in [0.15, 0.2) is 0 Å². The lowest BCUT2D eigenvalue weighted by molar-refractivity contribution is 0.516. The Morgan fingerprint density at radius 1 is 1.22 bits per heavy atom. The zero-order chi connectivity index (χ0) is 6.27. The maximum absolute atomic E-state index is 5.92. The van der Waals surface area contributed by atoms with Crippen molar-refractivity contribution < 1.29 is 0 Å². The van der Waals surface area contributed by atoms with Crippen molar-refractivity contribution in [3.05, 3.63) is 0 Å². The van der Waals surface area contributed by atoms with Crippen molar-refractivity contribution >= 4 is 0 Å². The lowest BCUT2D eigenvalue weighted by Crippen LogP contribution is -2.22. The predicted octanol–water partition coefficient (Wildman–Crippen LogP) is 1.52. The Hall–Kier alpha value is -0.0400. The van der Waals surface area contributed by atoms with Crippen LogP contribution < -0.4 is 5.73 Å². The number of rotatable bonds is 3. The molecule has 2 fully saturated rings. The molecule has 0 bridgehead atoms. The average molecular weight is 125 g/mol.